The third-order valence-corrected chi connectivity index (χ3v) is 6.27. The van der Waals surface area contributed by atoms with Crippen LogP contribution in [0.1, 0.15) is 18.4 Å². The number of rotatable bonds is 2. The molecule has 2 aliphatic heterocycles. The first kappa shape index (κ1) is 14.3. The molecule has 0 bridgehead atoms. The van der Waals surface area contributed by atoms with Crippen LogP contribution in [0.25, 0.3) is 0 Å². The molecule has 0 unspecified atom stereocenters. The van der Waals surface area contributed by atoms with Crippen LogP contribution in [0.4, 0.5) is 4.79 Å². The zero-order valence-corrected chi connectivity index (χ0v) is 12.6. The Balaban J connectivity index is 1.78. The summed E-state index contributed by atoms with van der Waals surface area (Å²) in [6.07, 6.45) is 0.637. The Kier molecular flexibility index (Phi) is 3.41. The van der Waals surface area contributed by atoms with Gasteiger partial charge >= 0.3 is 6.09 Å². The monoisotopic (exact) mass is 310 g/mol. The molecule has 1 spiro atoms. The van der Waals surface area contributed by atoms with E-state index >= 15 is 0 Å². The predicted octanol–water partition coefficient (Wildman–Crippen LogP) is 1.26. The maximum absolute atomic E-state index is 12.7. The van der Waals surface area contributed by atoms with Gasteiger partial charge in [0.2, 0.25) is 10.0 Å². The van der Waals surface area contributed by atoms with Crippen molar-refractivity contribution in [3.63, 3.8) is 0 Å². The molecule has 0 radical (unpaired) electrons. The molecule has 0 aromatic heterocycles. The summed E-state index contributed by atoms with van der Waals surface area (Å²) in [5.41, 5.74) is 0.209. The zero-order chi connectivity index (χ0) is 15.1. The number of alkyl carbamates (subject to hydrolysis) is 1. The highest BCUT2D eigenvalue weighted by Gasteiger charge is 2.45. The Labute approximate surface area is 124 Å². The maximum atomic E-state index is 12.7. The van der Waals surface area contributed by atoms with Crippen molar-refractivity contribution in [1.29, 1.82) is 0 Å². The number of piperidine rings is 1. The molecule has 6 nitrogen and oxygen atoms in total. The predicted molar refractivity (Wildman–Crippen MR) is 76.4 cm³/mol. The topological polar surface area (TPSA) is 75.7 Å². The highest BCUT2D eigenvalue weighted by atomic mass is 32.2. The Hall–Kier alpha value is -1.60. The minimum Gasteiger partial charge on any atom is -0.441 e. The minimum absolute atomic E-state index is 0.350. The average Bonchev–Trinajstić information content (AvgIpc) is 2.80. The fourth-order valence-corrected chi connectivity index (χ4v) is 4.57. The molecular weight excluding hydrogens is 292 g/mol. The fraction of sp³-hybridized carbons (Fsp3) is 0.500. The molecule has 1 aromatic carbocycles. The van der Waals surface area contributed by atoms with Gasteiger partial charge in [-0.2, -0.15) is 4.31 Å². The summed E-state index contributed by atoms with van der Waals surface area (Å²) in [4.78, 5) is 11.5. The largest absolute Gasteiger partial charge is 0.441 e. The van der Waals surface area contributed by atoms with Gasteiger partial charge in [-0.05, 0) is 18.6 Å². The standard InChI is InChI=1S/C14H18N2O4S/c1-11-4-2-3-5-12(11)21(18,19)16-8-6-14(7-9-16)10-15-13(17)20-14/h2-5H,6-10H2,1H3,(H,15,17). The van der Waals surface area contributed by atoms with Gasteiger partial charge in [0, 0.05) is 25.9 Å². The van der Waals surface area contributed by atoms with E-state index in [1.165, 1.54) is 4.31 Å². The molecule has 114 valence electrons. The summed E-state index contributed by atoms with van der Waals surface area (Å²) >= 11 is 0. The molecule has 2 heterocycles. The van der Waals surface area contributed by atoms with Crippen LogP contribution in [0.2, 0.25) is 0 Å². The van der Waals surface area contributed by atoms with Crippen LogP contribution < -0.4 is 5.32 Å². The molecule has 7 heteroatoms. The first-order chi connectivity index (χ1) is 9.93. The van der Waals surface area contributed by atoms with Gasteiger partial charge in [-0.1, -0.05) is 18.2 Å². The van der Waals surface area contributed by atoms with Crippen LogP contribution >= 0.6 is 0 Å². The normalized spacial score (nSPS) is 22.0. The Morgan fingerprint density at radius 1 is 1.24 bits per heavy atom. The second-order valence-electron chi connectivity index (χ2n) is 5.60. The van der Waals surface area contributed by atoms with E-state index < -0.39 is 21.7 Å². The number of sulfonamides is 1. The van der Waals surface area contributed by atoms with Crippen molar-refractivity contribution in [3.8, 4) is 0 Å². The number of amides is 1. The Morgan fingerprint density at radius 2 is 1.90 bits per heavy atom. The molecule has 3 rings (SSSR count). The van der Waals surface area contributed by atoms with Crippen LogP contribution in [0, 0.1) is 6.92 Å². The number of hydrogen-bond acceptors (Lipinski definition) is 4. The van der Waals surface area contributed by atoms with Gasteiger partial charge < -0.3 is 10.1 Å². The molecular formula is C14H18N2O4S. The van der Waals surface area contributed by atoms with Crippen molar-refractivity contribution in [3.05, 3.63) is 29.8 Å². The van der Waals surface area contributed by atoms with Gasteiger partial charge in [0.25, 0.3) is 0 Å². The fourth-order valence-electron chi connectivity index (χ4n) is 2.90. The van der Waals surface area contributed by atoms with Crippen molar-refractivity contribution in [2.75, 3.05) is 19.6 Å². The maximum Gasteiger partial charge on any atom is 0.407 e. The lowest BCUT2D eigenvalue weighted by atomic mass is 9.93. The summed E-state index contributed by atoms with van der Waals surface area (Å²) in [7, 11) is -3.48. The van der Waals surface area contributed by atoms with E-state index in [-0.39, 0.29) is 0 Å². The SMILES string of the molecule is Cc1ccccc1S(=O)(=O)N1CCC2(CC1)CNC(=O)O2. The quantitative estimate of drug-likeness (QED) is 0.892. The second-order valence-corrected chi connectivity index (χ2v) is 7.50. The third-order valence-electron chi connectivity index (χ3n) is 4.21. The minimum atomic E-state index is -3.48. The lowest BCUT2D eigenvalue weighted by Gasteiger charge is -2.36. The van der Waals surface area contributed by atoms with Crippen LogP contribution in [0.3, 0.4) is 0 Å². The number of hydrogen-bond donors (Lipinski definition) is 1. The van der Waals surface area contributed by atoms with Gasteiger partial charge in [-0.15, -0.1) is 0 Å². The van der Waals surface area contributed by atoms with Crippen LogP contribution in [0.5, 0.6) is 0 Å². The Bertz CT molecular complexity index is 663. The van der Waals surface area contributed by atoms with E-state index in [4.69, 9.17) is 4.74 Å². The molecule has 2 aliphatic rings. The molecule has 1 aromatic rings. The van der Waals surface area contributed by atoms with Crippen molar-refractivity contribution in [2.45, 2.75) is 30.3 Å². The third kappa shape index (κ3) is 2.51. The lowest BCUT2D eigenvalue weighted by molar-refractivity contribution is 0.0173. The Morgan fingerprint density at radius 3 is 2.48 bits per heavy atom. The van der Waals surface area contributed by atoms with E-state index in [1.54, 1.807) is 25.1 Å². The summed E-state index contributed by atoms with van der Waals surface area (Å²) in [5.74, 6) is 0. The van der Waals surface area contributed by atoms with Gasteiger partial charge in [0.15, 0.2) is 0 Å². The molecule has 21 heavy (non-hydrogen) atoms. The zero-order valence-electron chi connectivity index (χ0n) is 11.8. The van der Waals surface area contributed by atoms with Crippen molar-refractivity contribution in [1.82, 2.24) is 9.62 Å². The number of benzene rings is 1. The van der Waals surface area contributed by atoms with E-state index in [2.05, 4.69) is 5.32 Å². The first-order valence-corrected chi connectivity index (χ1v) is 8.40. The molecule has 0 saturated carbocycles. The highest BCUT2D eigenvalue weighted by Crippen LogP contribution is 2.32. The van der Waals surface area contributed by atoms with Crippen molar-refractivity contribution in [2.24, 2.45) is 0 Å². The van der Waals surface area contributed by atoms with Gasteiger partial charge in [0.1, 0.15) is 5.60 Å². The van der Waals surface area contributed by atoms with E-state index in [0.717, 1.165) is 5.56 Å². The number of ether oxygens (including phenoxy) is 1. The molecule has 2 fully saturated rings. The van der Waals surface area contributed by atoms with Crippen LogP contribution in [0.15, 0.2) is 29.2 Å². The summed E-state index contributed by atoms with van der Waals surface area (Å²) in [6.45, 7) is 2.99. The van der Waals surface area contributed by atoms with Crippen LogP contribution in [-0.2, 0) is 14.8 Å². The van der Waals surface area contributed by atoms with Crippen molar-refractivity contribution < 1.29 is 17.9 Å². The number of nitrogens with one attached hydrogen (secondary N) is 1. The van der Waals surface area contributed by atoms with Crippen molar-refractivity contribution >= 4 is 16.1 Å². The summed E-state index contributed by atoms with van der Waals surface area (Å²) < 4.78 is 32.1. The number of carbonyl (C=O) groups is 1. The molecule has 1 N–H and O–H groups in total. The lowest BCUT2D eigenvalue weighted by Crippen LogP contribution is -2.48. The van der Waals surface area contributed by atoms with E-state index in [9.17, 15) is 13.2 Å². The summed E-state index contributed by atoms with van der Waals surface area (Å²) in [5, 5.41) is 2.65. The molecule has 0 aliphatic carbocycles. The number of nitrogens with zero attached hydrogens (tertiary/aromatic N) is 1. The molecule has 0 atom stereocenters. The van der Waals surface area contributed by atoms with Crippen LogP contribution in [-0.4, -0.2) is 44.1 Å². The molecule has 1 amide bonds. The summed E-state index contributed by atoms with van der Waals surface area (Å²) in [6, 6.07) is 6.98. The smallest absolute Gasteiger partial charge is 0.407 e. The van der Waals surface area contributed by atoms with E-state index in [0.29, 0.717) is 37.4 Å². The second kappa shape index (κ2) is 4.99. The molecule has 2 saturated heterocycles. The highest BCUT2D eigenvalue weighted by molar-refractivity contribution is 7.89. The van der Waals surface area contributed by atoms with Gasteiger partial charge in [-0.3, -0.25) is 0 Å². The number of carbonyl (C=O) groups excluding carboxylic acids is 1. The van der Waals surface area contributed by atoms with Gasteiger partial charge in [-0.25, -0.2) is 13.2 Å². The van der Waals surface area contributed by atoms with E-state index in [1.807, 2.05) is 6.07 Å². The number of aryl methyl sites for hydroxylation is 1. The average molecular weight is 310 g/mol. The van der Waals surface area contributed by atoms with Gasteiger partial charge in [0.05, 0.1) is 11.4 Å². The first-order valence-electron chi connectivity index (χ1n) is 6.96.